The van der Waals surface area contributed by atoms with Gasteiger partial charge in [-0.05, 0) is 54.5 Å². The Morgan fingerprint density at radius 3 is 2.75 bits per heavy atom. The summed E-state index contributed by atoms with van der Waals surface area (Å²) in [5.74, 6) is -0.561. The fraction of sp³-hybridized carbons (Fsp3) is 0.0455. The molecule has 0 aliphatic heterocycles. The molecule has 2 heterocycles. The lowest BCUT2D eigenvalue weighted by atomic mass is 10.1. The molecule has 4 nitrogen and oxygen atoms in total. The van der Waals surface area contributed by atoms with Crippen LogP contribution in [0.2, 0.25) is 0 Å². The normalized spacial score (nSPS) is 11.2. The third-order valence-electron chi connectivity index (χ3n) is 4.21. The van der Waals surface area contributed by atoms with Gasteiger partial charge >= 0.3 is 0 Å². The number of fused-ring (bicyclic) bond motifs is 1. The Labute approximate surface area is 165 Å². The molecule has 0 spiro atoms. The first kappa shape index (κ1) is 18.0. The number of carbonyl (C=O) groups excluding carboxylic acids is 1. The van der Waals surface area contributed by atoms with Crippen molar-refractivity contribution in [2.24, 2.45) is 0 Å². The van der Waals surface area contributed by atoms with Crippen LogP contribution in [0.25, 0.3) is 27.0 Å². The summed E-state index contributed by atoms with van der Waals surface area (Å²) in [7, 11) is 0. The SMILES string of the molecule is Cc1ccc(-c2nc3cccnc3s2)cc1NC(=O)/C=C/c1ccc(F)cc1. The zero-order valence-electron chi connectivity index (χ0n) is 15.0. The maximum Gasteiger partial charge on any atom is 0.248 e. The molecule has 28 heavy (non-hydrogen) atoms. The van der Waals surface area contributed by atoms with Crippen molar-refractivity contribution in [2.75, 3.05) is 5.32 Å². The van der Waals surface area contributed by atoms with E-state index in [2.05, 4.69) is 15.3 Å². The minimum atomic E-state index is -0.306. The predicted molar refractivity (Wildman–Crippen MR) is 112 cm³/mol. The van der Waals surface area contributed by atoms with Gasteiger partial charge < -0.3 is 5.32 Å². The summed E-state index contributed by atoms with van der Waals surface area (Å²) in [6.07, 6.45) is 4.83. The summed E-state index contributed by atoms with van der Waals surface area (Å²) in [6.45, 7) is 1.93. The fourth-order valence-corrected chi connectivity index (χ4v) is 3.61. The summed E-state index contributed by atoms with van der Waals surface area (Å²) in [5.41, 5.74) is 4.20. The lowest BCUT2D eigenvalue weighted by molar-refractivity contribution is -0.111. The van der Waals surface area contributed by atoms with Crippen LogP contribution in [0.15, 0.2) is 66.9 Å². The Morgan fingerprint density at radius 1 is 1.14 bits per heavy atom. The molecule has 0 saturated carbocycles. The molecule has 0 saturated heterocycles. The molecule has 4 aromatic rings. The second-order valence-corrected chi connectivity index (χ2v) is 7.23. The summed E-state index contributed by atoms with van der Waals surface area (Å²) < 4.78 is 13.0. The molecule has 0 fully saturated rings. The first-order valence-corrected chi connectivity index (χ1v) is 9.47. The van der Waals surface area contributed by atoms with E-state index in [9.17, 15) is 9.18 Å². The number of aryl methyl sites for hydroxylation is 1. The van der Waals surface area contributed by atoms with Gasteiger partial charge in [0.25, 0.3) is 0 Å². The van der Waals surface area contributed by atoms with Crippen LogP contribution >= 0.6 is 11.3 Å². The van der Waals surface area contributed by atoms with Gasteiger partial charge in [0.2, 0.25) is 5.91 Å². The minimum absolute atomic E-state index is 0.254. The molecule has 2 aromatic heterocycles. The van der Waals surface area contributed by atoms with Crippen LogP contribution < -0.4 is 5.32 Å². The summed E-state index contributed by atoms with van der Waals surface area (Å²) in [6, 6.07) is 15.6. The van der Waals surface area contributed by atoms with Gasteiger partial charge in [-0.1, -0.05) is 35.6 Å². The number of halogens is 1. The second-order valence-electron chi connectivity index (χ2n) is 6.25. The number of hydrogen-bond donors (Lipinski definition) is 1. The maximum atomic E-state index is 13.0. The van der Waals surface area contributed by atoms with Crippen LogP contribution in [0.1, 0.15) is 11.1 Å². The van der Waals surface area contributed by atoms with Crippen molar-refractivity contribution < 1.29 is 9.18 Å². The Balaban J connectivity index is 1.55. The van der Waals surface area contributed by atoms with E-state index in [0.29, 0.717) is 0 Å². The average Bonchev–Trinajstić information content (AvgIpc) is 3.13. The number of aromatic nitrogens is 2. The van der Waals surface area contributed by atoms with E-state index in [1.54, 1.807) is 24.4 Å². The molecule has 2 aromatic carbocycles. The van der Waals surface area contributed by atoms with Crippen molar-refractivity contribution in [1.82, 2.24) is 9.97 Å². The predicted octanol–water partition coefficient (Wildman–Crippen LogP) is 5.46. The molecule has 0 bridgehead atoms. The highest BCUT2D eigenvalue weighted by Crippen LogP contribution is 2.31. The van der Waals surface area contributed by atoms with Gasteiger partial charge in [0.1, 0.15) is 21.2 Å². The third kappa shape index (κ3) is 3.97. The van der Waals surface area contributed by atoms with Gasteiger partial charge in [-0.25, -0.2) is 14.4 Å². The van der Waals surface area contributed by atoms with Crippen LogP contribution in [-0.2, 0) is 4.79 Å². The van der Waals surface area contributed by atoms with Crippen molar-refractivity contribution >= 4 is 39.4 Å². The van der Waals surface area contributed by atoms with E-state index in [1.807, 2.05) is 37.3 Å². The van der Waals surface area contributed by atoms with E-state index in [0.717, 1.165) is 37.7 Å². The van der Waals surface area contributed by atoms with Crippen molar-refractivity contribution in [2.45, 2.75) is 6.92 Å². The molecular weight excluding hydrogens is 373 g/mol. The number of anilines is 1. The Kier molecular flexibility index (Phi) is 4.95. The molecule has 1 N–H and O–H groups in total. The average molecular weight is 389 g/mol. The van der Waals surface area contributed by atoms with Crippen molar-refractivity contribution in [3.8, 4) is 10.6 Å². The van der Waals surface area contributed by atoms with Crippen LogP contribution in [0, 0.1) is 12.7 Å². The highest BCUT2D eigenvalue weighted by atomic mass is 32.1. The Hall–Kier alpha value is -3.38. The van der Waals surface area contributed by atoms with Crippen molar-refractivity contribution in [3.63, 3.8) is 0 Å². The standard InChI is InChI=1S/C22H16FN3OS/c1-14-4-8-16(21-26-18-3-2-12-24-22(18)28-21)13-19(14)25-20(27)11-7-15-5-9-17(23)10-6-15/h2-13H,1H3,(H,25,27)/b11-7+. The van der Waals surface area contributed by atoms with E-state index >= 15 is 0 Å². The van der Waals surface area contributed by atoms with Crippen molar-refractivity contribution in [1.29, 1.82) is 0 Å². The molecule has 0 radical (unpaired) electrons. The van der Waals surface area contributed by atoms with Crippen LogP contribution in [0.3, 0.4) is 0 Å². The fourth-order valence-electron chi connectivity index (χ4n) is 2.70. The number of nitrogens with one attached hydrogen (secondary N) is 1. The van der Waals surface area contributed by atoms with Crippen LogP contribution in [0.4, 0.5) is 10.1 Å². The van der Waals surface area contributed by atoms with Crippen LogP contribution in [0.5, 0.6) is 0 Å². The molecule has 0 atom stereocenters. The van der Waals surface area contributed by atoms with Gasteiger partial charge in [0.15, 0.2) is 0 Å². The van der Waals surface area contributed by atoms with E-state index in [-0.39, 0.29) is 11.7 Å². The van der Waals surface area contributed by atoms with Gasteiger partial charge in [0.05, 0.1) is 0 Å². The molecule has 0 aliphatic rings. The van der Waals surface area contributed by atoms with Gasteiger partial charge in [0, 0.05) is 23.5 Å². The first-order valence-electron chi connectivity index (χ1n) is 8.66. The Morgan fingerprint density at radius 2 is 1.96 bits per heavy atom. The largest absolute Gasteiger partial charge is 0.322 e. The molecule has 4 rings (SSSR count). The number of benzene rings is 2. The van der Waals surface area contributed by atoms with Crippen LogP contribution in [-0.4, -0.2) is 15.9 Å². The summed E-state index contributed by atoms with van der Waals surface area (Å²) in [5, 5.41) is 3.75. The van der Waals surface area contributed by atoms with Gasteiger partial charge in [-0.2, -0.15) is 0 Å². The van der Waals surface area contributed by atoms with E-state index in [1.165, 1.54) is 29.5 Å². The van der Waals surface area contributed by atoms with Gasteiger partial charge in [-0.15, -0.1) is 0 Å². The van der Waals surface area contributed by atoms with E-state index < -0.39 is 0 Å². The molecule has 1 amide bonds. The minimum Gasteiger partial charge on any atom is -0.322 e. The monoisotopic (exact) mass is 389 g/mol. The number of hydrogen-bond acceptors (Lipinski definition) is 4. The lowest BCUT2D eigenvalue weighted by Crippen LogP contribution is -2.09. The number of pyridine rings is 1. The molecule has 0 aliphatic carbocycles. The highest BCUT2D eigenvalue weighted by Gasteiger charge is 2.10. The molecule has 0 unspecified atom stereocenters. The number of nitrogens with zero attached hydrogens (tertiary/aromatic N) is 2. The number of thiazole rings is 1. The molecule has 138 valence electrons. The highest BCUT2D eigenvalue weighted by molar-refractivity contribution is 7.21. The lowest BCUT2D eigenvalue weighted by Gasteiger charge is -2.08. The first-order chi connectivity index (χ1) is 13.6. The molecular formula is C22H16FN3OS. The van der Waals surface area contributed by atoms with Gasteiger partial charge in [-0.3, -0.25) is 4.79 Å². The quantitative estimate of drug-likeness (QED) is 0.472. The van der Waals surface area contributed by atoms with Crippen molar-refractivity contribution in [3.05, 3.63) is 83.8 Å². The number of amides is 1. The number of carbonyl (C=O) groups is 1. The third-order valence-corrected chi connectivity index (χ3v) is 5.23. The topological polar surface area (TPSA) is 54.9 Å². The summed E-state index contributed by atoms with van der Waals surface area (Å²) in [4.78, 5) is 22.1. The maximum absolute atomic E-state index is 13.0. The Bertz CT molecular complexity index is 1150. The number of rotatable bonds is 4. The zero-order chi connectivity index (χ0) is 19.5. The summed E-state index contributed by atoms with van der Waals surface area (Å²) >= 11 is 1.51. The second kappa shape index (κ2) is 7.70. The smallest absolute Gasteiger partial charge is 0.248 e. The molecule has 6 heteroatoms. The van der Waals surface area contributed by atoms with E-state index in [4.69, 9.17) is 0 Å². The zero-order valence-corrected chi connectivity index (χ0v) is 15.8.